The van der Waals surface area contributed by atoms with E-state index >= 15 is 0 Å². The van der Waals surface area contributed by atoms with E-state index in [1.807, 2.05) is 30.3 Å². The average molecular weight is 396 g/mol. The summed E-state index contributed by atoms with van der Waals surface area (Å²) in [7, 11) is 0. The zero-order valence-electron chi connectivity index (χ0n) is 16.8. The molecule has 2 unspecified atom stereocenters. The third-order valence-electron chi connectivity index (χ3n) is 5.10. The maximum atomic E-state index is 6.56. The highest BCUT2D eigenvalue weighted by molar-refractivity contribution is 5.14. The Kier molecular flexibility index (Phi) is 10.3. The highest BCUT2D eigenvalue weighted by Gasteiger charge is 2.37. The fraction of sp³-hybridized carbons (Fsp3) is 0.700. The molecule has 160 valence electrons. The number of hydrogen-bond acceptors (Lipinski definition) is 8. The third-order valence-corrected chi connectivity index (χ3v) is 5.10. The lowest BCUT2D eigenvalue weighted by Gasteiger charge is -2.41. The second-order valence-electron chi connectivity index (χ2n) is 7.34. The second-order valence-corrected chi connectivity index (χ2v) is 7.34. The molecule has 1 fully saturated rings. The molecule has 1 aromatic rings. The van der Waals surface area contributed by atoms with Crippen LogP contribution in [0.15, 0.2) is 30.3 Å². The van der Waals surface area contributed by atoms with Gasteiger partial charge in [-0.3, -0.25) is 4.84 Å². The molecule has 1 aliphatic rings. The first-order chi connectivity index (χ1) is 13.6. The van der Waals surface area contributed by atoms with E-state index in [-0.39, 0.29) is 6.54 Å². The molecular formula is C20H37N5O3. The van der Waals surface area contributed by atoms with E-state index in [9.17, 15) is 0 Å². The molecule has 0 heterocycles. The molecule has 8 heteroatoms. The number of rotatable bonds is 13. The van der Waals surface area contributed by atoms with Gasteiger partial charge in [0.2, 0.25) is 0 Å². The fourth-order valence-corrected chi connectivity index (χ4v) is 3.41. The molecule has 1 aliphatic carbocycles. The first-order valence-electron chi connectivity index (χ1n) is 10.2. The van der Waals surface area contributed by atoms with Gasteiger partial charge in [0.25, 0.3) is 0 Å². The Balaban J connectivity index is 2.02. The molecule has 0 aromatic heterocycles. The van der Waals surface area contributed by atoms with Crippen LogP contribution >= 0.6 is 0 Å². The van der Waals surface area contributed by atoms with E-state index in [4.69, 9.17) is 37.2 Å². The summed E-state index contributed by atoms with van der Waals surface area (Å²) in [5.41, 5.74) is 24.9. The van der Waals surface area contributed by atoms with Gasteiger partial charge in [-0.1, -0.05) is 49.6 Å². The van der Waals surface area contributed by atoms with E-state index in [2.05, 4.69) is 0 Å². The first-order valence-corrected chi connectivity index (χ1v) is 10.2. The molecule has 2 rings (SSSR count). The Morgan fingerprint density at radius 3 is 2.36 bits per heavy atom. The number of ether oxygens (including phenoxy) is 2. The summed E-state index contributed by atoms with van der Waals surface area (Å²) in [5.74, 6) is 0. The van der Waals surface area contributed by atoms with E-state index < -0.39 is 18.0 Å². The Morgan fingerprint density at radius 2 is 1.71 bits per heavy atom. The van der Waals surface area contributed by atoms with Crippen LogP contribution in [0.5, 0.6) is 0 Å². The van der Waals surface area contributed by atoms with Crippen LogP contribution < -0.4 is 22.9 Å². The average Bonchev–Trinajstić information content (AvgIpc) is 2.71. The van der Waals surface area contributed by atoms with Gasteiger partial charge in [0, 0.05) is 13.1 Å². The van der Waals surface area contributed by atoms with Crippen molar-refractivity contribution in [3.63, 3.8) is 0 Å². The third kappa shape index (κ3) is 7.38. The zero-order valence-corrected chi connectivity index (χ0v) is 16.8. The SMILES string of the molecule is NCCOCCOC(CN)N(Cc1ccccc1)OC(N)C1(N)CCCCC1. The standard InChI is InChI=1S/C20H37N5O3/c21-11-12-26-13-14-27-18(15-22)25(16-17-7-3-1-4-8-17)28-19(23)20(24)9-5-2-6-10-20/h1,3-4,7-8,18-19H,2,5-6,9-16,21-24H2. The van der Waals surface area contributed by atoms with Gasteiger partial charge in [-0.05, 0) is 18.4 Å². The van der Waals surface area contributed by atoms with Gasteiger partial charge in [-0.25, -0.2) is 0 Å². The van der Waals surface area contributed by atoms with E-state index in [0.717, 1.165) is 31.2 Å². The molecule has 1 saturated carbocycles. The predicted octanol–water partition coefficient (Wildman–Crippen LogP) is 0.643. The molecule has 0 bridgehead atoms. The van der Waals surface area contributed by atoms with Crippen molar-refractivity contribution >= 4 is 0 Å². The molecule has 0 aliphatic heterocycles. The van der Waals surface area contributed by atoms with Crippen LogP contribution in [0.1, 0.15) is 37.7 Å². The van der Waals surface area contributed by atoms with E-state index in [1.165, 1.54) is 6.42 Å². The predicted molar refractivity (Wildman–Crippen MR) is 110 cm³/mol. The molecular weight excluding hydrogens is 358 g/mol. The molecule has 2 atom stereocenters. The minimum absolute atomic E-state index is 0.258. The fourth-order valence-electron chi connectivity index (χ4n) is 3.41. The number of hydroxylamine groups is 2. The van der Waals surface area contributed by atoms with Crippen LogP contribution in [0.3, 0.4) is 0 Å². The minimum atomic E-state index is -0.623. The summed E-state index contributed by atoms with van der Waals surface area (Å²) in [6.45, 7) is 2.57. The smallest absolute Gasteiger partial charge is 0.145 e. The monoisotopic (exact) mass is 395 g/mol. The normalized spacial score (nSPS) is 18.9. The van der Waals surface area contributed by atoms with Gasteiger partial charge in [0.05, 0.1) is 31.9 Å². The van der Waals surface area contributed by atoms with Crippen molar-refractivity contribution in [2.75, 3.05) is 32.9 Å². The molecule has 8 nitrogen and oxygen atoms in total. The summed E-state index contributed by atoms with van der Waals surface area (Å²) >= 11 is 0. The molecule has 0 spiro atoms. The van der Waals surface area contributed by atoms with Gasteiger partial charge >= 0.3 is 0 Å². The quantitative estimate of drug-likeness (QED) is 0.217. The molecule has 0 radical (unpaired) electrons. The highest BCUT2D eigenvalue weighted by atomic mass is 16.7. The van der Waals surface area contributed by atoms with Gasteiger partial charge < -0.3 is 32.4 Å². The van der Waals surface area contributed by atoms with Crippen molar-refractivity contribution in [2.24, 2.45) is 22.9 Å². The lowest BCUT2D eigenvalue weighted by molar-refractivity contribution is -0.292. The summed E-state index contributed by atoms with van der Waals surface area (Å²) in [6, 6.07) is 10.00. The number of nitrogens with two attached hydrogens (primary N) is 4. The van der Waals surface area contributed by atoms with Gasteiger partial charge in [-0.15, -0.1) is 0 Å². The van der Waals surface area contributed by atoms with Crippen LogP contribution in [0.4, 0.5) is 0 Å². The first kappa shape index (κ1) is 23.2. The zero-order chi connectivity index (χ0) is 20.2. The van der Waals surface area contributed by atoms with Crippen LogP contribution in [0.2, 0.25) is 0 Å². The van der Waals surface area contributed by atoms with Crippen molar-refractivity contribution in [3.05, 3.63) is 35.9 Å². The van der Waals surface area contributed by atoms with Crippen molar-refractivity contribution in [1.82, 2.24) is 5.06 Å². The lowest BCUT2D eigenvalue weighted by Crippen LogP contribution is -2.60. The van der Waals surface area contributed by atoms with Crippen molar-refractivity contribution < 1.29 is 14.3 Å². The minimum Gasteiger partial charge on any atom is -0.378 e. The molecule has 0 saturated heterocycles. The van der Waals surface area contributed by atoms with Crippen LogP contribution in [-0.4, -0.2) is 56.0 Å². The van der Waals surface area contributed by atoms with Crippen LogP contribution in [0.25, 0.3) is 0 Å². The van der Waals surface area contributed by atoms with Crippen molar-refractivity contribution in [1.29, 1.82) is 0 Å². The van der Waals surface area contributed by atoms with Crippen LogP contribution in [0, 0.1) is 0 Å². The van der Waals surface area contributed by atoms with Crippen LogP contribution in [-0.2, 0) is 20.9 Å². The maximum Gasteiger partial charge on any atom is 0.145 e. The Bertz CT molecular complexity index is 528. The maximum absolute atomic E-state index is 6.56. The molecule has 28 heavy (non-hydrogen) atoms. The summed E-state index contributed by atoms with van der Waals surface area (Å²) in [4.78, 5) is 6.15. The Morgan fingerprint density at radius 1 is 1.00 bits per heavy atom. The van der Waals surface area contributed by atoms with Gasteiger partial charge in [-0.2, -0.15) is 5.06 Å². The molecule has 1 aromatic carbocycles. The summed E-state index contributed by atoms with van der Waals surface area (Å²) < 4.78 is 11.3. The largest absolute Gasteiger partial charge is 0.378 e. The van der Waals surface area contributed by atoms with Crippen molar-refractivity contribution in [2.45, 2.75) is 56.6 Å². The van der Waals surface area contributed by atoms with E-state index in [0.29, 0.717) is 32.9 Å². The van der Waals surface area contributed by atoms with E-state index in [1.54, 1.807) is 5.06 Å². The Labute approximate surface area is 168 Å². The van der Waals surface area contributed by atoms with Gasteiger partial charge in [0.1, 0.15) is 12.5 Å². The Hall–Kier alpha value is -1.10. The number of hydrogen-bond donors (Lipinski definition) is 4. The summed E-state index contributed by atoms with van der Waals surface area (Å²) in [6.07, 6.45) is 3.96. The molecule has 0 amide bonds. The number of benzene rings is 1. The number of nitrogens with zero attached hydrogens (tertiary/aromatic N) is 1. The van der Waals surface area contributed by atoms with Crippen molar-refractivity contribution in [3.8, 4) is 0 Å². The lowest BCUT2D eigenvalue weighted by atomic mass is 9.81. The van der Waals surface area contributed by atoms with Gasteiger partial charge in [0.15, 0.2) is 0 Å². The summed E-state index contributed by atoms with van der Waals surface area (Å²) in [5, 5.41) is 1.71. The topological polar surface area (TPSA) is 135 Å². The second kappa shape index (κ2) is 12.5. The molecule has 8 N–H and O–H groups in total. The highest BCUT2D eigenvalue weighted by Crippen LogP contribution is 2.29.